The molecule has 7 heteroatoms. The molecule has 0 saturated carbocycles. The highest BCUT2D eigenvalue weighted by molar-refractivity contribution is 7.91. The topological polar surface area (TPSA) is 83.6 Å². The lowest BCUT2D eigenvalue weighted by Gasteiger charge is -2.30. The highest BCUT2D eigenvalue weighted by Gasteiger charge is 2.38. The molecule has 3 aromatic carbocycles. The number of fused-ring (bicyclic) bond motifs is 2. The Hall–Kier alpha value is -3.45. The van der Waals surface area contributed by atoms with Gasteiger partial charge in [0.15, 0.2) is 5.78 Å². The predicted octanol–water partition coefficient (Wildman–Crippen LogP) is 4.29. The van der Waals surface area contributed by atoms with Gasteiger partial charge in [-0.1, -0.05) is 35.9 Å². The number of piperidine rings is 1. The first-order chi connectivity index (χ1) is 16.4. The normalized spacial score (nSPS) is 16.5. The first-order valence-electron chi connectivity index (χ1n) is 11.5. The number of carbonyl (C=O) groups is 2. The molecule has 3 aromatic rings. The highest BCUT2D eigenvalue weighted by Crippen LogP contribution is 2.38. The lowest BCUT2D eigenvalue weighted by molar-refractivity contribution is 0.0938. The van der Waals surface area contributed by atoms with Crippen molar-refractivity contribution in [1.82, 2.24) is 5.32 Å². The van der Waals surface area contributed by atoms with Crippen LogP contribution in [0.5, 0.6) is 0 Å². The standard InChI is InChI=1S/C27H26N2O4S/c1-18-8-10-19(11-9-18)17-28-27(31)22-6-5-7-23-25(22)26(30)21-13-12-20(16-24(21)34(23,32)33)29-14-3-2-4-15-29/h5-13,16H,2-4,14-15,17H2,1H3,(H,28,31). The van der Waals surface area contributed by atoms with E-state index in [9.17, 15) is 18.0 Å². The third kappa shape index (κ3) is 3.90. The second-order valence-corrected chi connectivity index (χ2v) is 10.8. The molecule has 1 saturated heterocycles. The SMILES string of the molecule is Cc1ccc(CNC(=O)c2cccc3c2C(=O)c2ccc(N4CCCCC4)cc2S3(=O)=O)cc1. The number of benzene rings is 3. The minimum atomic E-state index is -3.95. The van der Waals surface area contributed by atoms with E-state index in [-0.39, 0.29) is 33.0 Å². The van der Waals surface area contributed by atoms with Gasteiger partial charge < -0.3 is 10.2 Å². The van der Waals surface area contributed by atoms with E-state index in [1.54, 1.807) is 12.1 Å². The number of ketones is 1. The lowest BCUT2D eigenvalue weighted by atomic mass is 9.96. The third-order valence-electron chi connectivity index (χ3n) is 6.58. The molecule has 1 N–H and O–H groups in total. The monoisotopic (exact) mass is 474 g/mol. The van der Waals surface area contributed by atoms with Gasteiger partial charge in [-0.05, 0) is 62.1 Å². The second kappa shape index (κ2) is 8.72. The first-order valence-corrected chi connectivity index (χ1v) is 13.0. The van der Waals surface area contributed by atoms with Crippen LogP contribution in [0.1, 0.15) is 56.7 Å². The van der Waals surface area contributed by atoms with Crippen LogP contribution >= 0.6 is 0 Å². The van der Waals surface area contributed by atoms with E-state index in [0.29, 0.717) is 0 Å². The fourth-order valence-electron chi connectivity index (χ4n) is 4.68. The molecule has 1 fully saturated rings. The largest absolute Gasteiger partial charge is 0.372 e. The maximum absolute atomic E-state index is 13.6. The number of anilines is 1. The van der Waals surface area contributed by atoms with Crippen LogP contribution in [0.25, 0.3) is 0 Å². The molecule has 2 heterocycles. The molecule has 0 aromatic heterocycles. The Kier molecular flexibility index (Phi) is 5.73. The molecule has 5 rings (SSSR count). The van der Waals surface area contributed by atoms with Crippen LogP contribution < -0.4 is 10.2 Å². The Labute approximate surface area is 199 Å². The Morgan fingerprint density at radius 3 is 2.41 bits per heavy atom. The van der Waals surface area contributed by atoms with Crippen molar-refractivity contribution in [2.75, 3.05) is 18.0 Å². The molecule has 0 bridgehead atoms. The molecule has 2 aliphatic rings. The number of carbonyl (C=O) groups excluding carboxylic acids is 2. The van der Waals surface area contributed by atoms with E-state index in [0.717, 1.165) is 42.7 Å². The van der Waals surface area contributed by atoms with E-state index in [1.165, 1.54) is 24.6 Å². The fourth-order valence-corrected chi connectivity index (χ4v) is 6.38. The van der Waals surface area contributed by atoms with Crippen LogP contribution in [0.2, 0.25) is 0 Å². The Morgan fingerprint density at radius 2 is 1.68 bits per heavy atom. The third-order valence-corrected chi connectivity index (χ3v) is 8.42. The Balaban J connectivity index is 1.49. The minimum absolute atomic E-state index is 0.0188. The van der Waals surface area contributed by atoms with Gasteiger partial charge >= 0.3 is 0 Å². The molecule has 0 aliphatic carbocycles. The Bertz CT molecular complexity index is 1390. The molecular weight excluding hydrogens is 448 g/mol. The van der Waals surface area contributed by atoms with Crippen molar-refractivity contribution in [1.29, 1.82) is 0 Å². The summed E-state index contributed by atoms with van der Waals surface area (Å²) < 4.78 is 27.1. The number of rotatable bonds is 4. The quantitative estimate of drug-likeness (QED) is 0.477. The molecule has 0 unspecified atom stereocenters. The predicted molar refractivity (Wildman–Crippen MR) is 130 cm³/mol. The molecule has 0 radical (unpaired) electrons. The van der Waals surface area contributed by atoms with Crippen molar-refractivity contribution in [2.24, 2.45) is 0 Å². The average molecular weight is 475 g/mol. The molecule has 0 atom stereocenters. The fraction of sp³-hybridized carbons (Fsp3) is 0.259. The van der Waals surface area contributed by atoms with Gasteiger partial charge in [0.2, 0.25) is 9.84 Å². The van der Waals surface area contributed by atoms with Gasteiger partial charge in [-0.2, -0.15) is 0 Å². The summed E-state index contributed by atoms with van der Waals surface area (Å²) in [5, 5.41) is 2.82. The van der Waals surface area contributed by atoms with E-state index < -0.39 is 21.5 Å². The lowest BCUT2D eigenvalue weighted by Crippen LogP contribution is -2.31. The zero-order valence-electron chi connectivity index (χ0n) is 19.0. The number of hydrogen-bond acceptors (Lipinski definition) is 5. The maximum atomic E-state index is 13.6. The van der Waals surface area contributed by atoms with Gasteiger partial charge in [0.25, 0.3) is 5.91 Å². The summed E-state index contributed by atoms with van der Waals surface area (Å²) in [4.78, 5) is 28.6. The number of nitrogens with one attached hydrogen (secondary N) is 1. The van der Waals surface area contributed by atoms with E-state index >= 15 is 0 Å². The van der Waals surface area contributed by atoms with Crippen molar-refractivity contribution in [3.63, 3.8) is 0 Å². The molecule has 0 spiro atoms. The first kappa shape index (κ1) is 22.3. The Morgan fingerprint density at radius 1 is 0.941 bits per heavy atom. The zero-order chi connectivity index (χ0) is 23.9. The molecular formula is C27H26N2O4S. The van der Waals surface area contributed by atoms with E-state index in [2.05, 4.69) is 10.2 Å². The van der Waals surface area contributed by atoms with Crippen LogP contribution in [0.4, 0.5) is 5.69 Å². The summed E-state index contributed by atoms with van der Waals surface area (Å²) in [5.74, 6) is -0.916. The zero-order valence-corrected chi connectivity index (χ0v) is 19.8. The number of hydrogen-bond donors (Lipinski definition) is 1. The summed E-state index contributed by atoms with van der Waals surface area (Å²) in [6, 6.07) is 17.2. The summed E-state index contributed by atoms with van der Waals surface area (Å²) in [5.41, 5.74) is 2.98. The summed E-state index contributed by atoms with van der Waals surface area (Å²) in [6.45, 7) is 4.00. The minimum Gasteiger partial charge on any atom is -0.372 e. The van der Waals surface area contributed by atoms with E-state index in [4.69, 9.17) is 0 Å². The highest BCUT2D eigenvalue weighted by atomic mass is 32.2. The van der Waals surface area contributed by atoms with Gasteiger partial charge in [0.1, 0.15) is 0 Å². The van der Waals surface area contributed by atoms with Crippen molar-refractivity contribution in [3.8, 4) is 0 Å². The van der Waals surface area contributed by atoms with Crippen molar-refractivity contribution < 1.29 is 18.0 Å². The van der Waals surface area contributed by atoms with E-state index in [1.807, 2.05) is 37.3 Å². The summed E-state index contributed by atoms with van der Waals surface area (Å²) >= 11 is 0. The maximum Gasteiger partial charge on any atom is 0.252 e. The van der Waals surface area contributed by atoms with Crippen molar-refractivity contribution in [2.45, 2.75) is 42.5 Å². The number of aryl methyl sites for hydroxylation is 1. The molecule has 6 nitrogen and oxygen atoms in total. The number of amides is 1. The van der Waals surface area contributed by atoms with Gasteiger partial charge in [0, 0.05) is 30.9 Å². The van der Waals surface area contributed by atoms with Crippen LogP contribution in [0, 0.1) is 6.92 Å². The molecule has 1 amide bonds. The van der Waals surface area contributed by atoms with Gasteiger partial charge in [0.05, 0.1) is 20.9 Å². The van der Waals surface area contributed by atoms with Crippen LogP contribution in [-0.2, 0) is 16.4 Å². The molecule has 34 heavy (non-hydrogen) atoms. The summed E-state index contributed by atoms with van der Waals surface area (Å²) in [6.07, 6.45) is 3.29. The van der Waals surface area contributed by atoms with Gasteiger partial charge in [-0.25, -0.2) is 8.42 Å². The smallest absolute Gasteiger partial charge is 0.252 e. The second-order valence-electron chi connectivity index (χ2n) is 8.91. The average Bonchev–Trinajstić information content (AvgIpc) is 2.87. The number of sulfone groups is 1. The van der Waals surface area contributed by atoms with Gasteiger partial charge in [-0.15, -0.1) is 0 Å². The van der Waals surface area contributed by atoms with Crippen LogP contribution in [0.3, 0.4) is 0 Å². The van der Waals surface area contributed by atoms with Crippen LogP contribution in [0.15, 0.2) is 70.5 Å². The van der Waals surface area contributed by atoms with Crippen molar-refractivity contribution in [3.05, 3.63) is 88.5 Å². The van der Waals surface area contributed by atoms with Crippen molar-refractivity contribution >= 4 is 27.2 Å². The van der Waals surface area contributed by atoms with Gasteiger partial charge in [-0.3, -0.25) is 9.59 Å². The molecule has 174 valence electrons. The number of nitrogens with zero attached hydrogens (tertiary/aromatic N) is 1. The molecule has 2 aliphatic heterocycles. The summed E-state index contributed by atoms with van der Waals surface area (Å²) in [7, 11) is -3.95. The van der Waals surface area contributed by atoms with Crippen LogP contribution in [-0.4, -0.2) is 33.2 Å².